The first kappa shape index (κ1) is 27.8. The van der Waals surface area contributed by atoms with E-state index in [-0.39, 0.29) is 18.1 Å². The molecule has 3 heterocycles. The molecule has 1 aromatic heterocycles. The van der Waals surface area contributed by atoms with Crippen LogP contribution in [0.4, 0.5) is 28.1 Å². The second-order valence-electron chi connectivity index (χ2n) is 10.1. The summed E-state index contributed by atoms with van der Waals surface area (Å²) in [5, 5.41) is 5.76. The number of amides is 2. The molecule has 2 saturated heterocycles. The molecular formula is C29H37N7O4. The predicted molar refractivity (Wildman–Crippen MR) is 155 cm³/mol. The van der Waals surface area contributed by atoms with Crippen molar-refractivity contribution in [2.24, 2.45) is 0 Å². The van der Waals surface area contributed by atoms with Gasteiger partial charge in [0.05, 0.1) is 45.1 Å². The van der Waals surface area contributed by atoms with E-state index in [1.165, 1.54) is 0 Å². The van der Waals surface area contributed by atoms with Gasteiger partial charge in [0.25, 0.3) is 0 Å². The highest BCUT2D eigenvalue weighted by molar-refractivity contribution is 5.99. The van der Waals surface area contributed by atoms with Gasteiger partial charge in [0, 0.05) is 37.1 Å². The molecule has 212 valence electrons. The van der Waals surface area contributed by atoms with Crippen molar-refractivity contribution in [3.63, 3.8) is 0 Å². The van der Waals surface area contributed by atoms with Crippen LogP contribution in [0.3, 0.4) is 0 Å². The quantitative estimate of drug-likeness (QED) is 0.434. The normalized spacial score (nSPS) is 19.4. The van der Waals surface area contributed by atoms with Crippen LogP contribution in [0, 0.1) is 0 Å². The van der Waals surface area contributed by atoms with Crippen LogP contribution >= 0.6 is 0 Å². The highest BCUT2D eigenvalue weighted by atomic mass is 16.5. The highest BCUT2D eigenvalue weighted by Gasteiger charge is 2.27. The van der Waals surface area contributed by atoms with Crippen LogP contribution in [0.25, 0.3) is 11.4 Å². The molecular weight excluding hydrogens is 510 g/mol. The molecule has 2 aliphatic heterocycles. The SMILES string of the molecule is COCCc1ccc(NC(=O)Nc2ccc(-c3nc(N4CCOC[C@H]4C)nc(N4CCOC[C@H]4C)n3)cc2)cc1. The van der Waals surface area contributed by atoms with Crippen LogP contribution in [0.5, 0.6) is 0 Å². The van der Waals surface area contributed by atoms with Crippen molar-refractivity contribution in [1.29, 1.82) is 0 Å². The monoisotopic (exact) mass is 547 g/mol. The first-order valence-electron chi connectivity index (χ1n) is 13.7. The molecule has 0 spiro atoms. The number of carbonyl (C=O) groups is 1. The Hall–Kier alpha value is -3.80. The number of ether oxygens (including phenoxy) is 3. The lowest BCUT2D eigenvalue weighted by molar-refractivity contribution is 0.0969. The minimum Gasteiger partial charge on any atom is -0.384 e. The number of hydrogen-bond donors (Lipinski definition) is 2. The first-order valence-corrected chi connectivity index (χ1v) is 13.7. The number of aromatic nitrogens is 3. The Morgan fingerprint density at radius 1 is 0.850 bits per heavy atom. The van der Waals surface area contributed by atoms with Crippen molar-refractivity contribution in [2.75, 3.05) is 73.7 Å². The second-order valence-corrected chi connectivity index (χ2v) is 10.1. The van der Waals surface area contributed by atoms with Crippen molar-refractivity contribution in [2.45, 2.75) is 32.4 Å². The van der Waals surface area contributed by atoms with E-state index < -0.39 is 0 Å². The number of benzene rings is 2. The molecule has 2 N–H and O–H groups in total. The number of morpholine rings is 2. The average Bonchev–Trinajstić information content (AvgIpc) is 2.97. The molecule has 0 saturated carbocycles. The zero-order valence-corrected chi connectivity index (χ0v) is 23.3. The van der Waals surface area contributed by atoms with E-state index >= 15 is 0 Å². The van der Waals surface area contributed by atoms with Crippen LogP contribution in [-0.4, -0.2) is 86.3 Å². The molecule has 11 heteroatoms. The maximum Gasteiger partial charge on any atom is 0.323 e. The van der Waals surface area contributed by atoms with Crippen LogP contribution < -0.4 is 20.4 Å². The first-order chi connectivity index (χ1) is 19.5. The third-order valence-electron chi connectivity index (χ3n) is 7.07. The Morgan fingerprint density at radius 3 is 1.88 bits per heavy atom. The number of anilines is 4. The van der Waals surface area contributed by atoms with E-state index in [1.807, 2.05) is 48.5 Å². The predicted octanol–water partition coefficient (Wildman–Crippen LogP) is 3.82. The summed E-state index contributed by atoms with van der Waals surface area (Å²) in [6, 6.07) is 15.2. The molecule has 2 fully saturated rings. The maximum atomic E-state index is 12.6. The zero-order valence-electron chi connectivity index (χ0n) is 23.3. The summed E-state index contributed by atoms with van der Waals surface area (Å²) in [4.78, 5) is 31.5. The summed E-state index contributed by atoms with van der Waals surface area (Å²) in [5.74, 6) is 1.87. The van der Waals surface area contributed by atoms with Crippen molar-refractivity contribution in [3.8, 4) is 11.4 Å². The molecule has 0 bridgehead atoms. The van der Waals surface area contributed by atoms with E-state index in [0.717, 1.165) is 36.3 Å². The molecule has 2 amide bonds. The highest BCUT2D eigenvalue weighted by Crippen LogP contribution is 2.26. The largest absolute Gasteiger partial charge is 0.384 e. The van der Waals surface area contributed by atoms with Crippen molar-refractivity contribution >= 4 is 29.3 Å². The Kier molecular flexibility index (Phi) is 9.04. The average molecular weight is 548 g/mol. The number of hydrogen-bond acceptors (Lipinski definition) is 9. The summed E-state index contributed by atoms with van der Waals surface area (Å²) in [7, 11) is 1.68. The van der Waals surface area contributed by atoms with Gasteiger partial charge in [0.2, 0.25) is 11.9 Å². The third kappa shape index (κ3) is 6.85. The van der Waals surface area contributed by atoms with Gasteiger partial charge in [-0.25, -0.2) is 4.79 Å². The van der Waals surface area contributed by atoms with Gasteiger partial charge in [0.15, 0.2) is 5.82 Å². The molecule has 3 aromatic rings. The lowest BCUT2D eigenvalue weighted by Gasteiger charge is -2.36. The fraction of sp³-hybridized carbons (Fsp3) is 0.448. The molecule has 2 aromatic carbocycles. The summed E-state index contributed by atoms with van der Waals surface area (Å²) in [6.07, 6.45) is 0.830. The van der Waals surface area contributed by atoms with Gasteiger partial charge < -0.3 is 34.6 Å². The fourth-order valence-electron chi connectivity index (χ4n) is 4.76. The Labute approximate surface area is 234 Å². The molecule has 5 rings (SSSR count). The topological polar surface area (TPSA) is 114 Å². The van der Waals surface area contributed by atoms with Crippen LogP contribution in [0.15, 0.2) is 48.5 Å². The lowest BCUT2D eigenvalue weighted by atomic mass is 10.1. The Balaban J connectivity index is 1.31. The second kappa shape index (κ2) is 13.0. The molecule has 0 radical (unpaired) electrons. The fourth-order valence-corrected chi connectivity index (χ4v) is 4.76. The van der Waals surface area contributed by atoms with E-state index in [0.29, 0.717) is 56.4 Å². The Bertz CT molecular complexity index is 1230. The summed E-state index contributed by atoms with van der Waals surface area (Å²) < 4.78 is 16.4. The van der Waals surface area contributed by atoms with Gasteiger partial charge in [-0.15, -0.1) is 0 Å². The van der Waals surface area contributed by atoms with E-state index in [9.17, 15) is 4.79 Å². The number of nitrogens with zero attached hydrogens (tertiary/aromatic N) is 5. The van der Waals surface area contributed by atoms with E-state index in [4.69, 9.17) is 29.2 Å². The van der Waals surface area contributed by atoms with Crippen LogP contribution in [0.2, 0.25) is 0 Å². The number of nitrogens with one attached hydrogen (secondary N) is 2. The molecule has 2 atom stereocenters. The molecule has 11 nitrogen and oxygen atoms in total. The minimum absolute atomic E-state index is 0.158. The van der Waals surface area contributed by atoms with Crippen molar-refractivity contribution in [1.82, 2.24) is 15.0 Å². The summed E-state index contributed by atoms with van der Waals surface area (Å²) in [6.45, 7) is 8.85. The van der Waals surface area contributed by atoms with E-state index in [1.54, 1.807) is 7.11 Å². The molecule has 0 aliphatic carbocycles. The molecule has 2 aliphatic rings. The van der Waals surface area contributed by atoms with Gasteiger partial charge in [0.1, 0.15) is 0 Å². The number of carbonyl (C=O) groups excluding carboxylic acids is 1. The van der Waals surface area contributed by atoms with E-state index in [2.05, 4.69) is 34.3 Å². The number of rotatable bonds is 8. The molecule has 0 unspecified atom stereocenters. The van der Waals surface area contributed by atoms with Gasteiger partial charge in [-0.1, -0.05) is 12.1 Å². The smallest absolute Gasteiger partial charge is 0.323 e. The van der Waals surface area contributed by atoms with Gasteiger partial charge in [-0.05, 0) is 62.2 Å². The number of urea groups is 1. The standard InChI is InChI=1S/C29H37N7O4/c1-20-18-39-16-13-35(20)27-32-26(33-28(34-27)36-14-17-40-19-21(36)2)23-6-10-25(11-7-23)31-29(37)30-24-8-4-22(5-9-24)12-15-38-3/h4-11,20-21H,12-19H2,1-3H3,(H2,30,31,37)/t20-,21-/m1/s1. The summed E-state index contributed by atoms with van der Waals surface area (Å²) in [5.41, 5.74) is 3.37. The van der Waals surface area contributed by atoms with Crippen molar-refractivity contribution in [3.05, 3.63) is 54.1 Å². The van der Waals surface area contributed by atoms with Gasteiger partial charge >= 0.3 is 6.03 Å². The number of methoxy groups -OCH3 is 1. The van der Waals surface area contributed by atoms with Crippen LogP contribution in [-0.2, 0) is 20.6 Å². The van der Waals surface area contributed by atoms with Gasteiger partial charge in [-0.2, -0.15) is 15.0 Å². The van der Waals surface area contributed by atoms with Gasteiger partial charge in [-0.3, -0.25) is 0 Å². The van der Waals surface area contributed by atoms with Crippen LogP contribution in [0.1, 0.15) is 19.4 Å². The lowest BCUT2D eigenvalue weighted by Crippen LogP contribution is -2.46. The molecule has 40 heavy (non-hydrogen) atoms. The maximum absolute atomic E-state index is 12.6. The Morgan fingerprint density at radius 2 is 1.38 bits per heavy atom. The van der Waals surface area contributed by atoms with Crippen molar-refractivity contribution < 1.29 is 19.0 Å². The third-order valence-corrected chi connectivity index (χ3v) is 7.07. The summed E-state index contributed by atoms with van der Waals surface area (Å²) >= 11 is 0. The minimum atomic E-state index is -0.315. The zero-order chi connectivity index (χ0) is 27.9.